The number of hydrogen-bond donors (Lipinski definition) is 16. The molecule has 3 aliphatic heterocycles. The molecular weight excluding hydrogens is 1820 g/mol. The van der Waals surface area contributed by atoms with Crippen LogP contribution in [0.5, 0.6) is 5.75 Å². The lowest BCUT2D eigenvalue weighted by atomic mass is 9.97. The molecule has 16 amide bonds. The third kappa shape index (κ3) is 30.0. The Morgan fingerprint density at radius 3 is 1.72 bits per heavy atom. The Labute approximate surface area is 789 Å². The number of aromatic hydroxyl groups is 1. The maximum atomic E-state index is 15.7. The predicted molar refractivity (Wildman–Crippen MR) is 486 cm³/mol. The number of H-pyrrole nitrogens is 1. The molecule has 0 radical (unpaired) electrons. The summed E-state index contributed by atoms with van der Waals surface area (Å²) in [5.74, 6) is -29.7. The number of piperidine rings is 1. The Morgan fingerprint density at radius 2 is 1.07 bits per heavy atom. The number of carboxylic acid groups (broad SMARTS) is 2. The van der Waals surface area contributed by atoms with Crippen LogP contribution in [0.2, 0.25) is 0 Å². The first-order valence-electron chi connectivity index (χ1n) is 44.6. The molecule has 0 bridgehead atoms. The number of benzene rings is 5. The molecule has 0 saturated carbocycles. The zero-order valence-corrected chi connectivity index (χ0v) is 77.0. The van der Waals surface area contributed by atoms with Crippen LogP contribution in [0.3, 0.4) is 0 Å². The van der Waals surface area contributed by atoms with E-state index in [1.165, 1.54) is 57.3 Å². The van der Waals surface area contributed by atoms with Crippen molar-refractivity contribution in [2.24, 2.45) is 17.4 Å². The number of thioether (sulfide) groups is 1. The van der Waals surface area contributed by atoms with Crippen LogP contribution in [0.1, 0.15) is 126 Å². The first-order chi connectivity index (χ1) is 65.0. The van der Waals surface area contributed by atoms with Crippen molar-refractivity contribution < 1.29 is 124 Å². The quantitative estimate of drug-likeness (QED) is 0.0273. The van der Waals surface area contributed by atoms with Gasteiger partial charge >= 0.3 is 11.9 Å². The highest BCUT2D eigenvalue weighted by atomic mass is 32.2. The molecule has 0 unspecified atom stereocenters. The van der Waals surface area contributed by atoms with Gasteiger partial charge in [0.05, 0.1) is 24.8 Å². The molecule has 14 atom stereocenters. The van der Waals surface area contributed by atoms with Crippen LogP contribution in [0.4, 0.5) is 17.6 Å². The number of halogens is 4. The Morgan fingerprint density at radius 1 is 0.518 bits per heavy atom. The van der Waals surface area contributed by atoms with Crippen LogP contribution in [-0.4, -0.2) is 293 Å². The summed E-state index contributed by atoms with van der Waals surface area (Å²) in [7, 11) is 3.40. The first-order valence-corrected chi connectivity index (χ1v) is 45.8. The lowest BCUT2D eigenvalue weighted by Gasteiger charge is -2.38. The molecule has 18 N–H and O–H groups in total. The number of carbonyl (C=O) groups is 18. The molecule has 44 heteroatoms. The molecule has 1 aromatic heterocycles. The molecule has 738 valence electrons. The topological polar surface area (TPSA) is 580 Å². The molecule has 9 rings (SSSR count). The van der Waals surface area contributed by atoms with Gasteiger partial charge in [-0.2, -0.15) is 0 Å². The zero-order chi connectivity index (χ0) is 100. The Hall–Kier alpha value is -14.1. The van der Waals surface area contributed by atoms with Crippen LogP contribution in [0, 0.1) is 29.2 Å². The van der Waals surface area contributed by atoms with E-state index in [4.69, 9.17) is 11.5 Å². The summed E-state index contributed by atoms with van der Waals surface area (Å²) in [5, 5.41) is 65.5. The monoisotopic (exact) mass is 1930 g/mol. The van der Waals surface area contributed by atoms with Crippen molar-refractivity contribution >= 4 is 129 Å². The Kier molecular flexibility index (Phi) is 38.9. The van der Waals surface area contributed by atoms with Gasteiger partial charge in [-0.3, -0.25) is 86.3 Å². The van der Waals surface area contributed by atoms with Crippen molar-refractivity contribution in [1.29, 1.82) is 0 Å². The third-order valence-corrected chi connectivity index (χ3v) is 25.0. The summed E-state index contributed by atoms with van der Waals surface area (Å²) in [6, 6.07) is 2.49. The van der Waals surface area contributed by atoms with E-state index in [0.29, 0.717) is 52.3 Å². The van der Waals surface area contributed by atoms with E-state index >= 15 is 51.9 Å². The average Bonchev–Trinajstić information content (AvgIpc) is 1.73. The van der Waals surface area contributed by atoms with Crippen molar-refractivity contribution in [3.05, 3.63) is 173 Å². The van der Waals surface area contributed by atoms with Crippen LogP contribution in [-0.2, 0) is 118 Å². The van der Waals surface area contributed by atoms with Crippen LogP contribution >= 0.6 is 11.8 Å². The van der Waals surface area contributed by atoms with Crippen molar-refractivity contribution in [2.75, 3.05) is 52.3 Å². The number of aliphatic hydroxyl groups excluding tert-OH is 1. The van der Waals surface area contributed by atoms with Gasteiger partial charge < -0.3 is 109 Å². The van der Waals surface area contributed by atoms with E-state index in [-0.39, 0.29) is 68.4 Å². The number of nitrogens with zero attached hydrogens (tertiary/aromatic N) is 5. The highest BCUT2D eigenvalue weighted by Gasteiger charge is 2.48. The second-order valence-corrected chi connectivity index (χ2v) is 35.5. The van der Waals surface area contributed by atoms with Crippen LogP contribution in [0.15, 0.2) is 121 Å². The third-order valence-electron chi connectivity index (χ3n) is 24.0. The van der Waals surface area contributed by atoms with Gasteiger partial charge in [0.15, 0.2) is 17.5 Å². The van der Waals surface area contributed by atoms with Gasteiger partial charge in [0.2, 0.25) is 94.5 Å². The van der Waals surface area contributed by atoms with Crippen molar-refractivity contribution in [2.45, 2.75) is 215 Å². The highest BCUT2D eigenvalue weighted by Crippen LogP contribution is 2.29. The van der Waals surface area contributed by atoms with Gasteiger partial charge in [-0.25, -0.2) is 17.6 Å². The number of phenols is 1. The summed E-state index contributed by atoms with van der Waals surface area (Å²) in [5.41, 5.74) is 12.4. The van der Waals surface area contributed by atoms with Gasteiger partial charge in [-0.15, -0.1) is 11.8 Å². The number of nitrogens with one attached hydrogen (secondary N) is 10. The molecule has 4 heterocycles. The number of rotatable bonds is 25. The lowest BCUT2D eigenvalue weighted by Crippen LogP contribution is -2.63. The fraction of sp³-hybridized carbons (Fsp3) is 0.462. The van der Waals surface area contributed by atoms with E-state index < -0.39 is 308 Å². The average molecular weight is 1930 g/mol. The highest BCUT2D eigenvalue weighted by molar-refractivity contribution is 8.00. The predicted octanol–water partition coefficient (Wildman–Crippen LogP) is 0.445. The number of aliphatic carboxylic acids is 2. The fourth-order valence-corrected chi connectivity index (χ4v) is 17.3. The SMILES string of the molecule is CCCC[C@H]1C(=O)N2C[C@@H](O)C[C@@H]2C(=O)N[C@@H](CC(=O)O)C(=O)N[C@@H](C(C)C)C(=O)N(C)[C@@H](Cc2ccccc2)C(=O)N[C@@H](CCC(=O)O)C(=O)N2CCCC[C@@H]2C(=O)N[C@@H](Cc2c[nH]c3ccccc23)C(=O)N[C@@H](Cc2ccc(O)cc2)C(=O)N[C@@H](CCC(N)=O)C(=O)N[C@H](C(=O)NCC(N)=O)CSCC(=O)N[C@@H](Cc2cc(F)c(F)c(F)c2)C(=O)N(C)[C@@H](Cc2ccc(F)cc2)C(=O)N1C. The number of para-hydroxylation sites is 1. The number of likely N-dealkylation sites (N-methyl/N-ethyl adjacent to an activating group) is 3. The van der Waals surface area contributed by atoms with Crippen LogP contribution in [0.25, 0.3) is 10.9 Å². The number of hydrogen-bond acceptors (Lipinski definition) is 21. The minimum atomic E-state index is -2.09. The second kappa shape index (κ2) is 50.0. The first kappa shape index (κ1) is 107. The van der Waals surface area contributed by atoms with Gasteiger partial charge in [0.25, 0.3) is 0 Å². The van der Waals surface area contributed by atoms with E-state index in [9.17, 15) is 72.4 Å². The molecular formula is C93H115F4N17O22S. The number of unbranched alkanes of at least 4 members (excludes halogenated alkanes) is 1. The molecule has 6 aromatic rings. The second-order valence-electron chi connectivity index (χ2n) is 34.5. The Bertz CT molecular complexity index is 5390. The van der Waals surface area contributed by atoms with Gasteiger partial charge in [-0.1, -0.05) is 106 Å². The molecule has 3 saturated heterocycles. The van der Waals surface area contributed by atoms with Crippen molar-refractivity contribution in [1.82, 2.24) is 77.3 Å². The van der Waals surface area contributed by atoms with Gasteiger partial charge in [0.1, 0.15) is 90.1 Å². The molecule has 39 nitrogen and oxygen atoms in total. The molecule has 3 aliphatic rings. The lowest BCUT2D eigenvalue weighted by molar-refractivity contribution is -0.152. The minimum absolute atomic E-state index is 0.103. The zero-order valence-electron chi connectivity index (χ0n) is 76.2. The number of aliphatic hydroxyl groups is 1. The maximum Gasteiger partial charge on any atom is 0.305 e. The number of nitrogens with two attached hydrogens (primary N) is 2. The van der Waals surface area contributed by atoms with Crippen LogP contribution < -0.4 is 59.3 Å². The summed E-state index contributed by atoms with van der Waals surface area (Å²) in [6.07, 6.45) is -6.26. The van der Waals surface area contributed by atoms with E-state index in [1.807, 2.05) is 0 Å². The van der Waals surface area contributed by atoms with E-state index in [1.54, 1.807) is 67.7 Å². The summed E-state index contributed by atoms with van der Waals surface area (Å²) >= 11 is 0.554. The number of aromatic amines is 1. The summed E-state index contributed by atoms with van der Waals surface area (Å²) in [4.78, 5) is 271. The molecule has 0 spiro atoms. The van der Waals surface area contributed by atoms with Gasteiger partial charge in [0, 0.05) is 108 Å². The molecule has 0 aliphatic carbocycles. The molecule has 3 fully saturated rings. The van der Waals surface area contributed by atoms with Crippen molar-refractivity contribution in [3.8, 4) is 5.75 Å². The standard InChI is InChI=1S/C93H115F4N17O22S/c1-7-8-20-70-92(135)114-46-57(116)42-72(114)88(131)107-66(43-78(122)123)85(128)109-80(49(2)3)93(136)111(5)71(39-50-16-10-9-11-17-50)87(130)104-63(31-33-77(120)121)90(133)113-34-15-14-21-69(113)86(129)106-65(41-54-44-100-61-19-13-12-18-58(54)61)84(127)105-64(37-51-24-28-56(115)29-25-51)83(126)103-62(30-32-74(98)117)82(125)108-68(81(124)101-45-75(99)118)47-137-48-76(119)102-67(38-53-35-59(95)79(97)60(96)36-53)89(132)112(6)73(91(134)110(70)4)40-52-22-26-55(94)27-23-52/h9-13,16-19,22-29,35-36,44,49,57,62-73,80,100,115-116H,7-8,14-15,20-21,30-34,37-43,45-48H2,1-6H3,(H2,98,117)(H2,99,118)(H,101,124)(H,102,119)(H,103,126)(H,104,130)(H,105,127)(H,106,129)(H,107,131)(H,108,125)(H,109,128)(H,120,121)(H,122,123)/t57-,62-,63-,64-,65-,66-,67-,68-,69+,70-,71-,72+,73-,80-/m0/s1. The van der Waals surface area contributed by atoms with Crippen molar-refractivity contribution in [3.63, 3.8) is 0 Å². The molecule has 137 heavy (non-hydrogen) atoms. The normalized spacial score (nSPS) is 23.8. The molecule has 5 aromatic carbocycles. The number of aromatic nitrogens is 1. The number of carbonyl (C=O) groups excluding carboxylic acids is 16. The van der Waals surface area contributed by atoms with E-state index in [0.717, 1.165) is 50.7 Å². The minimum Gasteiger partial charge on any atom is -0.508 e. The smallest absolute Gasteiger partial charge is 0.305 e. The largest absolute Gasteiger partial charge is 0.508 e. The fourth-order valence-electron chi connectivity index (χ4n) is 16.5. The number of primary amides is 2. The number of phenolic OH excluding ortho intramolecular Hbond substituents is 1. The number of amides is 16. The maximum absolute atomic E-state index is 15.7. The van der Waals surface area contributed by atoms with Gasteiger partial charge in [-0.05, 0) is 115 Å². The number of fused-ring (bicyclic) bond motifs is 3. The van der Waals surface area contributed by atoms with E-state index in [2.05, 4.69) is 52.8 Å². The summed E-state index contributed by atoms with van der Waals surface area (Å²) in [6.45, 7) is 3.00. The Balaban J connectivity index is 1.15. The number of carboxylic acids is 2. The summed E-state index contributed by atoms with van der Waals surface area (Å²) < 4.78 is 59.8.